The Morgan fingerprint density at radius 2 is 2.13 bits per heavy atom. The molecule has 15 heavy (non-hydrogen) atoms. The molecule has 0 spiro atoms. The molecule has 1 saturated carbocycles. The van der Waals surface area contributed by atoms with Gasteiger partial charge in [0.2, 0.25) is 0 Å². The summed E-state index contributed by atoms with van der Waals surface area (Å²) in [5.41, 5.74) is -0.825. The van der Waals surface area contributed by atoms with Crippen LogP contribution >= 0.6 is 0 Å². The SMILES string of the molecule is O=C(O)C1(C2CCCC2O)CCCOC1. The fraction of sp³-hybridized carbons (Fsp3) is 0.909. The van der Waals surface area contributed by atoms with E-state index in [-0.39, 0.29) is 12.5 Å². The van der Waals surface area contributed by atoms with E-state index in [4.69, 9.17) is 4.74 Å². The average Bonchev–Trinajstić information content (AvgIpc) is 2.66. The first-order valence-electron chi connectivity index (χ1n) is 5.66. The van der Waals surface area contributed by atoms with Crippen molar-refractivity contribution in [1.29, 1.82) is 0 Å². The van der Waals surface area contributed by atoms with Crippen LogP contribution in [-0.4, -0.2) is 35.5 Å². The van der Waals surface area contributed by atoms with Crippen molar-refractivity contribution < 1.29 is 19.7 Å². The van der Waals surface area contributed by atoms with Crippen LogP contribution in [0, 0.1) is 11.3 Å². The largest absolute Gasteiger partial charge is 0.481 e. The van der Waals surface area contributed by atoms with Gasteiger partial charge in [0.25, 0.3) is 0 Å². The summed E-state index contributed by atoms with van der Waals surface area (Å²) in [6.07, 6.45) is 3.46. The molecule has 0 aromatic heterocycles. The Balaban J connectivity index is 2.20. The van der Waals surface area contributed by atoms with Gasteiger partial charge in [0.1, 0.15) is 0 Å². The van der Waals surface area contributed by atoms with Crippen molar-refractivity contribution in [3.05, 3.63) is 0 Å². The third-order valence-electron chi connectivity index (χ3n) is 3.89. The summed E-state index contributed by atoms with van der Waals surface area (Å²) in [5.74, 6) is -0.913. The van der Waals surface area contributed by atoms with Crippen LogP contribution in [0.1, 0.15) is 32.1 Å². The molecule has 0 radical (unpaired) electrons. The van der Waals surface area contributed by atoms with Gasteiger partial charge in [-0.25, -0.2) is 0 Å². The van der Waals surface area contributed by atoms with E-state index in [2.05, 4.69) is 0 Å². The van der Waals surface area contributed by atoms with E-state index in [1.807, 2.05) is 0 Å². The Kier molecular flexibility index (Phi) is 2.98. The molecule has 4 heteroatoms. The van der Waals surface area contributed by atoms with E-state index < -0.39 is 17.5 Å². The van der Waals surface area contributed by atoms with Crippen molar-refractivity contribution in [3.8, 4) is 0 Å². The number of hydrogen-bond donors (Lipinski definition) is 2. The lowest BCUT2D eigenvalue weighted by Gasteiger charge is -2.39. The van der Waals surface area contributed by atoms with Crippen molar-refractivity contribution in [2.45, 2.75) is 38.2 Å². The average molecular weight is 214 g/mol. The van der Waals surface area contributed by atoms with E-state index in [9.17, 15) is 15.0 Å². The molecular formula is C11H18O4. The summed E-state index contributed by atoms with van der Waals surface area (Å²) in [7, 11) is 0. The van der Waals surface area contributed by atoms with Gasteiger partial charge in [-0.05, 0) is 25.7 Å². The fourth-order valence-electron chi connectivity index (χ4n) is 3.02. The van der Waals surface area contributed by atoms with Crippen LogP contribution < -0.4 is 0 Å². The molecule has 3 atom stereocenters. The molecule has 0 amide bonds. The van der Waals surface area contributed by atoms with E-state index in [0.29, 0.717) is 13.0 Å². The second-order valence-electron chi connectivity index (χ2n) is 4.72. The van der Waals surface area contributed by atoms with Gasteiger partial charge in [-0.3, -0.25) is 4.79 Å². The zero-order valence-electron chi connectivity index (χ0n) is 8.82. The molecule has 1 aliphatic carbocycles. The molecule has 2 aliphatic rings. The molecule has 1 heterocycles. The van der Waals surface area contributed by atoms with Gasteiger partial charge in [-0.1, -0.05) is 6.42 Å². The maximum absolute atomic E-state index is 11.4. The highest BCUT2D eigenvalue weighted by molar-refractivity contribution is 5.75. The molecule has 1 aliphatic heterocycles. The van der Waals surface area contributed by atoms with Gasteiger partial charge in [0.15, 0.2) is 0 Å². The van der Waals surface area contributed by atoms with Crippen LogP contribution in [0.2, 0.25) is 0 Å². The molecule has 2 fully saturated rings. The number of aliphatic hydroxyl groups is 1. The Morgan fingerprint density at radius 1 is 1.33 bits per heavy atom. The first-order valence-corrected chi connectivity index (χ1v) is 5.66. The summed E-state index contributed by atoms with van der Waals surface area (Å²) >= 11 is 0. The van der Waals surface area contributed by atoms with Crippen LogP contribution in [0.3, 0.4) is 0 Å². The summed E-state index contributed by atoms with van der Waals surface area (Å²) in [4.78, 5) is 11.4. The molecule has 86 valence electrons. The Hall–Kier alpha value is -0.610. The van der Waals surface area contributed by atoms with Gasteiger partial charge in [0, 0.05) is 12.5 Å². The quantitative estimate of drug-likeness (QED) is 0.720. The number of hydrogen-bond acceptors (Lipinski definition) is 3. The van der Waals surface area contributed by atoms with Crippen LogP contribution in [0.15, 0.2) is 0 Å². The zero-order valence-corrected chi connectivity index (χ0v) is 8.82. The van der Waals surface area contributed by atoms with Gasteiger partial charge in [-0.15, -0.1) is 0 Å². The highest BCUT2D eigenvalue weighted by atomic mass is 16.5. The Morgan fingerprint density at radius 3 is 2.60 bits per heavy atom. The topological polar surface area (TPSA) is 66.8 Å². The van der Waals surface area contributed by atoms with Gasteiger partial charge in [0.05, 0.1) is 18.1 Å². The number of aliphatic carboxylic acids is 1. The van der Waals surface area contributed by atoms with Crippen molar-refractivity contribution in [2.24, 2.45) is 11.3 Å². The molecule has 3 unspecified atom stereocenters. The molecule has 4 nitrogen and oxygen atoms in total. The number of aliphatic hydroxyl groups excluding tert-OH is 1. The lowest BCUT2D eigenvalue weighted by atomic mass is 9.70. The minimum atomic E-state index is -0.825. The van der Waals surface area contributed by atoms with E-state index >= 15 is 0 Å². The maximum Gasteiger partial charge on any atom is 0.312 e. The second kappa shape index (κ2) is 4.10. The Bertz CT molecular complexity index is 245. The number of carboxylic acid groups (broad SMARTS) is 1. The van der Waals surface area contributed by atoms with Crippen molar-refractivity contribution in [1.82, 2.24) is 0 Å². The van der Waals surface area contributed by atoms with Crippen molar-refractivity contribution in [3.63, 3.8) is 0 Å². The van der Waals surface area contributed by atoms with E-state index in [1.54, 1.807) is 0 Å². The van der Waals surface area contributed by atoms with Crippen LogP contribution in [-0.2, 0) is 9.53 Å². The Labute approximate surface area is 89.2 Å². The minimum absolute atomic E-state index is 0.115. The van der Waals surface area contributed by atoms with Gasteiger partial charge in [-0.2, -0.15) is 0 Å². The molecular weight excluding hydrogens is 196 g/mol. The number of carbonyl (C=O) groups is 1. The molecule has 2 N–H and O–H groups in total. The first-order chi connectivity index (χ1) is 7.17. The molecule has 2 rings (SSSR count). The standard InChI is InChI=1S/C11H18O4/c12-9-4-1-3-8(9)11(10(13)14)5-2-6-15-7-11/h8-9,12H,1-7H2,(H,13,14). The number of rotatable bonds is 2. The van der Waals surface area contributed by atoms with Gasteiger partial charge < -0.3 is 14.9 Å². The molecule has 1 saturated heterocycles. The smallest absolute Gasteiger partial charge is 0.312 e. The summed E-state index contributed by atoms with van der Waals surface area (Å²) in [6.45, 7) is 0.919. The van der Waals surface area contributed by atoms with Crippen molar-refractivity contribution in [2.75, 3.05) is 13.2 Å². The summed E-state index contributed by atoms with van der Waals surface area (Å²) < 4.78 is 5.32. The lowest BCUT2D eigenvalue weighted by molar-refractivity contribution is -0.167. The van der Waals surface area contributed by atoms with Crippen LogP contribution in [0.4, 0.5) is 0 Å². The fourth-order valence-corrected chi connectivity index (χ4v) is 3.02. The predicted octanol–water partition coefficient (Wildman–Crippen LogP) is 1.03. The lowest BCUT2D eigenvalue weighted by Crippen LogP contribution is -2.48. The molecule has 0 bridgehead atoms. The van der Waals surface area contributed by atoms with E-state index in [1.165, 1.54) is 0 Å². The first kappa shape index (κ1) is 10.9. The van der Waals surface area contributed by atoms with Crippen molar-refractivity contribution >= 4 is 5.97 Å². The zero-order chi connectivity index (χ0) is 10.9. The predicted molar refractivity (Wildman–Crippen MR) is 53.5 cm³/mol. The van der Waals surface area contributed by atoms with Crippen LogP contribution in [0.5, 0.6) is 0 Å². The number of ether oxygens (including phenoxy) is 1. The molecule has 0 aromatic rings. The van der Waals surface area contributed by atoms with E-state index in [0.717, 1.165) is 25.7 Å². The van der Waals surface area contributed by atoms with Crippen LogP contribution in [0.25, 0.3) is 0 Å². The third-order valence-corrected chi connectivity index (χ3v) is 3.89. The monoisotopic (exact) mass is 214 g/mol. The number of carboxylic acids is 1. The summed E-state index contributed by atoms with van der Waals surface area (Å²) in [6, 6.07) is 0. The highest BCUT2D eigenvalue weighted by Gasteiger charge is 2.51. The third kappa shape index (κ3) is 1.76. The van der Waals surface area contributed by atoms with Gasteiger partial charge >= 0.3 is 5.97 Å². The molecule has 0 aromatic carbocycles. The minimum Gasteiger partial charge on any atom is -0.481 e. The highest BCUT2D eigenvalue weighted by Crippen LogP contribution is 2.45. The normalized spacial score (nSPS) is 41.7. The second-order valence-corrected chi connectivity index (χ2v) is 4.72. The summed E-state index contributed by atoms with van der Waals surface area (Å²) in [5, 5.41) is 19.2. The maximum atomic E-state index is 11.4.